The van der Waals surface area contributed by atoms with Crippen molar-refractivity contribution in [2.45, 2.75) is 13.3 Å². The van der Waals surface area contributed by atoms with Crippen molar-refractivity contribution in [1.29, 1.82) is 0 Å². The van der Waals surface area contributed by atoms with E-state index in [1.165, 1.54) is 11.6 Å². The molecule has 15 heavy (non-hydrogen) atoms. The molecule has 0 N–H and O–H groups in total. The van der Waals surface area contributed by atoms with Gasteiger partial charge in [0, 0.05) is 6.42 Å². The molecule has 0 heterocycles. The molecule has 2 rings (SSSR count). The largest absolute Gasteiger partial charge is 0.207 e. The van der Waals surface area contributed by atoms with E-state index in [0.29, 0.717) is 6.42 Å². The molecule has 0 saturated heterocycles. The summed E-state index contributed by atoms with van der Waals surface area (Å²) < 4.78 is 13.4. The first-order valence-electron chi connectivity index (χ1n) is 5.04. The molecule has 0 aliphatic rings. The Labute approximate surface area is 89.4 Å². The van der Waals surface area contributed by atoms with Gasteiger partial charge in [0.15, 0.2) is 0 Å². The van der Waals surface area contributed by atoms with Crippen molar-refractivity contribution in [3.8, 4) is 0 Å². The molecular formula is C14H13F. The molecule has 0 bridgehead atoms. The first-order valence-corrected chi connectivity index (χ1v) is 5.04. The van der Waals surface area contributed by atoms with Crippen molar-refractivity contribution in [1.82, 2.24) is 0 Å². The zero-order chi connectivity index (χ0) is 10.7. The summed E-state index contributed by atoms with van der Waals surface area (Å²) in [6.45, 7) is 2.05. The standard InChI is InChI=1S/C14H13F/c1-11-6-8-12(9-7-11)10-13-4-2-3-5-14(13)15/h2-9H,10H2,1H3. The van der Waals surface area contributed by atoms with Crippen molar-refractivity contribution in [2.75, 3.05) is 0 Å². The van der Waals surface area contributed by atoms with Crippen molar-refractivity contribution < 1.29 is 4.39 Å². The zero-order valence-corrected chi connectivity index (χ0v) is 8.70. The fourth-order valence-corrected chi connectivity index (χ4v) is 1.57. The summed E-state index contributed by atoms with van der Waals surface area (Å²) in [5, 5.41) is 0. The second-order valence-corrected chi connectivity index (χ2v) is 3.75. The molecule has 0 aliphatic carbocycles. The molecule has 76 valence electrons. The third kappa shape index (κ3) is 2.44. The van der Waals surface area contributed by atoms with E-state index in [-0.39, 0.29) is 5.82 Å². The van der Waals surface area contributed by atoms with E-state index in [1.54, 1.807) is 6.07 Å². The van der Waals surface area contributed by atoms with Crippen LogP contribution in [0.1, 0.15) is 16.7 Å². The van der Waals surface area contributed by atoms with Gasteiger partial charge in [0.1, 0.15) is 5.82 Å². The average Bonchev–Trinajstić information content (AvgIpc) is 2.25. The Morgan fingerprint density at radius 2 is 1.60 bits per heavy atom. The lowest BCUT2D eigenvalue weighted by atomic mass is 10.0. The van der Waals surface area contributed by atoms with Crippen molar-refractivity contribution in [2.24, 2.45) is 0 Å². The Morgan fingerprint density at radius 3 is 2.27 bits per heavy atom. The summed E-state index contributed by atoms with van der Waals surface area (Å²) in [6.07, 6.45) is 0.660. The van der Waals surface area contributed by atoms with E-state index in [2.05, 4.69) is 12.1 Å². The molecule has 2 aromatic carbocycles. The van der Waals surface area contributed by atoms with Gasteiger partial charge in [0.25, 0.3) is 0 Å². The summed E-state index contributed by atoms with van der Waals surface area (Å²) in [6, 6.07) is 15.1. The van der Waals surface area contributed by atoms with E-state index < -0.39 is 0 Å². The Morgan fingerprint density at radius 1 is 0.933 bits per heavy atom. The topological polar surface area (TPSA) is 0 Å². The molecular weight excluding hydrogens is 187 g/mol. The second-order valence-electron chi connectivity index (χ2n) is 3.75. The van der Waals surface area contributed by atoms with Crippen LogP contribution >= 0.6 is 0 Å². The molecule has 0 atom stereocenters. The van der Waals surface area contributed by atoms with E-state index in [9.17, 15) is 4.39 Å². The highest BCUT2D eigenvalue weighted by atomic mass is 19.1. The van der Waals surface area contributed by atoms with Gasteiger partial charge in [-0.25, -0.2) is 4.39 Å². The highest BCUT2D eigenvalue weighted by Gasteiger charge is 2.01. The number of halogens is 1. The molecule has 0 saturated carbocycles. The van der Waals surface area contributed by atoms with Crippen molar-refractivity contribution in [3.05, 3.63) is 71.0 Å². The molecule has 0 aliphatic heterocycles. The van der Waals surface area contributed by atoms with Crippen LogP contribution in [0.4, 0.5) is 4.39 Å². The summed E-state index contributed by atoms with van der Waals surface area (Å²) >= 11 is 0. The number of hydrogen-bond acceptors (Lipinski definition) is 0. The Balaban J connectivity index is 2.22. The van der Waals surface area contributed by atoms with Crippen molar-refractivity contribution >= 4 is 0 Å². The summed E-state index contributed by atoms with van der Waals surface area (Å²) in [5.41, 5.74) is 3.12. The van der Waals surface area contributed by atoms with Crippen LogP contribution in [0, 0.1) is 12.7 Å². The van der Waals surface area contributed by atoms with Crippen LogP contribution < -0.4 is 0 Å². The third-order valence-corrected chi connectivity index (χ3v) is 2.47. The van der Waals surface area contributed by atoms with Crippen LogP contribution in [0.3, 0.4) is 0 Å². The van der Waals surface area contributed by atoms with Crippen LogP contribution in [0.2, 0.25) is 0 Å². The van der Waals surface area contributed by atoms with Crippen molar-refractivity contribution in [3.63, 3.8) is 0 Å². The molecule has 0 radical (unpaired) electrons. The van der Waals surface area contributed by atoms with Gasteiger partial charge in [-0.3, -0.25) is 0 Å². The zero-order valence-electron chi connectivity index (χ0n) is 8.70. The average molecular weight is 200 g/mol. The first-order chi connectivity index (χ1) is 7.25. The molecule has 0 aromatic heterocycles. The maximum Gasteiger partial charge on any atom is 0.126 e. The van der Waals surface area contributed by atoms with Gasteiger partial charge >= 0.3 is 0 Å². The fraction of sp³-hybridized carbons (Fsp3) is 0.143. The number of benzene rings is 2. The van der Waals surface area contributed by atoms with E-state index >= 15 is 0 Å². The van der Waals surface area contributed by atoms with Crippen LogP contribution in [-0.2, 0) is 6.42 Å². The van der Waals surface area contributed by atoms with Crippen LogP contribution in [-0.4, -0.2) is 0 Å². The summed E-state index contributed by atoms with van der Waals surface area (Å²) in [5.74, 6) is -0.127. The second kappa shape index (κ2) is 4.26. The predicted molar refractivity (Wildman–Crippen MR) is 60.4 cm³/mol. The Kier molecular flexibility index (Phi) is 2.82. The van der Waals surface area contributed by atoms with Gasteiger partial charge in [-0.1, -0.05) is 48.0 Å². The molecule has 0 fully saturated rings. The van der Waals surface area contributed by atoms with Gasteiger partial charge < -0.3 is 0 Å². The van der Waals surface area contributed by atoms with E-state index in [1.807, 2.05) is 31.2 Å². The normalized spacial score (nSPS) is 10.3. The monoisotopic (exact) mass is 200 g/mol. The van der Waals surface area contributed by atoms with E-state index in [0.717, 1.165) is 11.1 Å². The summed E-state index contributed by atoms with van der Waals surface area (Å²) in [4.78, 5) is 0. The smallest absolute Gasteiger partial charge is 0.126 e. The maximum atomic E-state index is 13.4. The quantitative estimate of drug-likeness (QED) is 0.693. The molecule has 0 amide bonds. The minimum Gasteiger partial charge on any atom is -0.207 e. The highest BCUT2D eigenvalue weighted by Crippen LogP contribution is 2.13. The lowest BCUT2D eigenvalue weighted by Gasteiger charge is -2.03. The first kappa shape index (κ1) is 9.91. The van der Waals surface area contributed by atoms with Gasteiger partial charge in [-0.15, -0.1) is 0 Å². The van der Waals surface area contributed by atoms with Crippen LogP contribution in [0.15, 0.2) is 48.5 Å². The summed E-state index contributed by atoms with van der Waals surface area (Å²) in [7, 11) is 0. The van der Waals surface area contributed by atoms with Crippen LogP contribution in [0.25, 0.3) is 0 Å². The SMILES string of the molecule is Cc1ccc(Cc2ccccc2F)cc1. The van der Waals surface area contributed by atoms with E-state index in [4.69, 9.17) is 0 Å². The number of hydrogen-bond donors (Lipinski definition) is 0. The highest BCUT2D eigenvalue weighted by molar-refractivity contribution is 5.28. The maximum absolute atomic E-state index is 13.4. The Hall–Kier alpha value is -1.63. The van der Waals surface area contributed by atoms with Gasteiger partial charge in [0.05, 0.1) is 0 Å². The third-order valence-electron chi connectivity index (χ3n) is 2.47. The predicted octanol–water partition coefficient (Wildman–Crippen LogP) is 3.72. The van der Waals surface area contributed by atoms with Crippen LogP contribution in [0.5, 0.6) is 0 Å². The van der Waals surface area contributed by atoms with Gasteiger partial charge in [0.2, 0.25) is 0 Å². The minimum atomic E-state index is -0.127. The molecule has 2 aromatic rings. The Bertz CT molecular complexity index is 443. The molecule has 1 heteroatoms. The van der Waals surface area contributed by atoms with Gasteiger partial charge in [-0.05, 0) is 24.1 Å². The lowest BCUT2D eigenvalue weighted by molar-refractivity contribution is 0.614. The molecule has 0 unspecified atom stereocenters. The fourth-order valence-electron chi connectivity index (χ4n) is 1.57. The molecule has 0 nitrogen and oxygen atoms in total. The number of rotatable bonds is 2. The molecule has 0 spiro atoms. The van der Waals surface area contributed by atoms with Gasteiger partial charge in [-0.2, -0.15) is 0 Å². The minimum absolute atomic E-state index is 0.127. The number of aryl methyl sites for hydroxylation is 1. The lowest BCUT2D eigenvalue weighted by Crippen LogP contribution is -1.91.